The van der Waals surface area contributed by atoms with Gasteiger partial charge in [-0.3, -0.25) is 4.79 Å². The van der Waals surface area contributed by atoms with Gasteiger partial charge in [0.2, 0.25) is 5.95 Å². The van der Waals surface area contributed by atoms with E-state index in [9.17, 15) is 4.79 Å². The predicted molar refractivity (Wildman–Crippen MR) is 85.2 cm³/mol. The zero-order valence-corrected chi connectivity index (χ0v) is 12.9. The molecule has 0 saturated carbocycles. The normalized spacial score (nSPS) is 10.2. The maximum Gasteiger partial charge on any atom is 0.274 e. The van der Waals surface area contributed by atoms with Crippen molar-refractivity contribution >= 4 is 40.7 Å². The Hall–Kier alpha value is -1.85. The van der Waals surface area contributed by atoms with Gasteiger partial charge in [0.25, 0.3) is 5.91 Å². The number of rotatable bonds is 5. The number of hydrogen-bond donors (Lipinski definition) is 2. The minimum Gasteiger partial charge on any atom is -0.354 e. The van der Waals surface area contributed by atoms with Crippen molar-refractivity contribution in [3.8, 4) is 0 Å². The third-order valence-electron chi connectivity index (χ3n) is 2.60. The predicted octanol–water partition coefficient (Wildman–Crippen LogP) is 3.86. The van der Waals surface area contributed by atoms with Crippen LogP contribution in [0.25, 0.3) is 0 Å². The molecule has 0 aliphatic carbocycles. The molecule has 0 aliphatic rings. The fourth-order valence-corrected chi connectivity index (χ4v) is 1.92. The number of amides is 1. The van der Waals surface area contributed by atoms with Gasteiger partial charge in [-0.05, 0) is 30.7 Å². The second kappa shape index (κ2) is 7.24. The minimum atomic E-state index is -0.374. The van der Waals surface area contributed by atoms with Crippen molar-refractivity contribution in [3.63, 3.8) is 0 Å². The molecule has 7 heteroatoms. The van der Waals surface area contributed by atoms with E-state index in [1.54, 1.807) is 18.2 Å². The highest BCUT2D eigenvalue weighted by atomic mass is 35.5. The number of carbonyl (C=O) groups excluding carboxylic acids is 1. The lowest BCUT2D eigenvalue weighted by molar-refractivity contribution is 0.102. The van der Waals surface area contributed by atoms with Crippen molar-refractivity contribution in [2.75, 3.05) is 17.2 Å². The van der Waals surface area contributed by atoms with Crippen LogP contribution in [0.4, 0.5) is 11.6 Å². The van der Waals surface area contributed by atoms with Crippen LogP contribution >= 0.6 is 23.2 Å². The summed E-state index contributed by atoms with van der Waals surface area (Å²) in [6.07, 6.45) is 2.47. The second-order valence-electron chi connectivity index (χ2n) is 4.27. The van der Waals surface area contributed by atoms with E-state index in [4.69, 9.17) is 23.2 Å². The van der Waals surface area contributed by atoms with Gasteiger partial charge in [-0.1, -0.05) is 30.1 Å². The Morgan fingerprint density at radius 1 is 1.29 bits per heavy atom. The Kier molecular flexibility index (Phi) is 5.36. The lowest BCUT2D eigenvalue weighted by atomic mass is 10.3. The molecule has 0 saturated heterocycles. The molecule has 1 aromatic heterocycles. The fourth-order valence-electron chi connectivity index (χ4n) is 1.59. The Bertz CT molecular complexity index is 649. The molecule has 5 nitrogen and oxygen atoms in total. The lowest BCUT2D eigenvalue weighted by Crippen LogP contribution is -2.15. The van der Waals surface area contributed by atoms with Gasteiger partial charge in [0.05, 0.1) is 10.7 Å². The van der Waals surface area contributed by atoms with Crippen LogP contribution < -0.4 is 10.6 Å². The highest BCUT2D eigenvalue weighted by Crippen LogP contribution is 2.25. The highest BCUT2D eigenvalue weighted by Gasteiger charge is 2.11. The molecule has 1 amide bonds. The first-order valence-electron chi connectivity index (χ1n) is 6.43. The van der Waals surface area contributed by atoms with Crippen molar-refractivity contribution in [1.29, 1.82) is 0 Å². The van der Waals surface area contributed by atoms with E-state index in [0.717, 1.165) is 13.0 Å². The molecule has 21 heavy (non-hydrogen) atoms. The van der Waals surface area contributed by atoms with Crippen LogP contribution in [-0.4, -0.2) is 22.4 Å². The first-order chi connectivity index (χ1) is 10.1. The van der Waals surface area contributed by atoms with Crippen LogP contribution in [0.5, 0.6) is 0 Å². The van der Waals surface area contributed by atoms with Gasteiger partial charge >= 0.3 is 0 Å². The minimum absolute atomic E-state index is 0.250. The molecule has 0 bridgehead atoms. The first-order valence-corrected chi connectivity index (χ1v) is 7.19. The van der Waals surface area contributed by atoms with Gasteiger partial charge in [-0.2, -0.15) is 0 Å². The number of carbonyl (C=O) groups is 1. The molecule has 0 atom stereocenters. The second-order valence-corrected chi connectivity index (χ2v) is 5.11. The standard InChI is InChI=1S/C14H14Cl2N4O/c1-2-6-17-14-18-7-5-11(20-14)13(21)19-12-8-9(15)3-4-10(12)16/h3-5,7-8H,2,6H2,1H3,(H,19,21)(H,17,18,20). The molecular formula is C14H14Cl2N4O. The van der Waals surface area contributed by atoms with Gasteiger partial charge in [-0.25, -0.2) is 9.97 Å². The molecule has 1 aromatic carbocycles. The average molecular weight is 325 g/mol. The highest BCUT2D eigenvalue weighted by molar-refractivity contribution is 6.35. The third kappa shape index (κ3) is 4.31. The Morgan fingerprint density at radius 2 is 2.10 bits per heavy atom. The summed E-state index contributed by atoms with van der Waals surface area (Å²) in [6, 6.07) is 6.38. The summed E-state index contributed by atoms with van der Waals surface area (Å²) in [4.78, 5) is 20.4. The van der Waals surface area contributed by atoms with Gasteiger partial charge in [-0.15, -0.1) is 0 Å². The number of nitrogens with one attached hydrogen (secondary N) is 2. The number of aromatic nitrogens is 2. The van der Waals surface area contributed by atoms with Crippen molar-refractivity contribution in [2.24, 2.45) is 0 Å². The quantitative estimate of drug-likeness (QED) is 0.876. The number of nitrogens with zero attached hydrogens (tertiary/aromatic N) is 2. The van der Waals surface area contributed by atoms with Gasteiger partial charge in [0.15, 0.2) is 0 Å². The average Bonchev–Trinajstić information content (AvgIpc) is 2.49. The molecule has 0 aliphatic heterocycles. The maximum atomic E-state index is 12.2. The SMILES string of the molecule is CCCNc1nccc(C(=O)Nc2cc(Cl)ccc2Cl)n1. The third-order valence-corrected chi connectivity index (χ3v) is 3.16. The van der Waals surface area contributed by atoms with E-state index >= 15 is 0 Å². The number of halogens is 2. The summed E-state index contributed by atoms with van der Waals surface area (Å²) in [5.41, 5.74) is 0.690. The summed E-state index contributed by atoms with van der Waals surface area (Å²) in [6.45, 7) is 2.77. The van der Waals surface area contributed by atoms with E-state index in [-0.39, 0.29) is 11.6 Å². The molecule has 0 unspecified atom stereocenters. The molecule has 0 spiro atoms. The van der Waals surface area contributed by atoms with Crippen LogP contribution in [0.2, 0.25) is 10.0 Å². The number of benzene rings is 1. The molecule has 110 valence electrons. The molecule has 1 heterocycles. The monoisotopic (exact) mass is 324 g/mol. The van der Waals surface area contributed by atoms with Crippen molar-refractivity contribution in [3.05, 3.63) is 46.2 Å². The van der Waals surface area contributed by atoms with Crippen LogP contribution in [0.15, 0.2) is 30.5 Å². The molecule has 0 fully saturated rings. The number of anilines is 2. The lowest BCUT2D eigenvalue weighted by Gasteiger charge is -2.08. The molecular weight excluding hydrogens is 311 g/mol. The zero-order chi connectivity index (χ0) is 15.2. The van der Waals surface area contributed by atoms with E-state index < -0.39 is 0 Å². The molecule has 2 aromatic rings. The molecule has 2 N–H and O–H groups in total. The Labute approximate surface area is 132 Å². The van der Waals surface area contributed by atoms with Crippen LogP contribution in [-0.2, 0) is 0 Å². The summed E-state index contributed by atoms with van der Waals surface area (Å²) in [5, 5.41) is 6.60. The maximum absolute atomic E-state index is 12.2. The van der Waals surface area contributed by atoms with Crippen LogP contribution in [0, 0.1) is 0 Å². The summed E-state index contributed by atoms with van der Waals surface area (Å²) in [7, 11) is 0. The largest absolute Gasteiger partial charge is 0.354 e. The Morgan fingerprint density at radius 3 is 2.86 bits per heavy atom. The van der Waals surface area contributed by atoms with Gasteiger partial charge < -0.3 is 10.6 Å². The van der Waals surface area contributed by atoms with Gasteiger partial charge in [0.1, 0.15) is 5.69 Å². The van der Waals surface area contributed by atoms with Crippen LogP contribution in [0.1, 0.15) is 23.8 Å². The van der Waals surface area contributed by atoms with Crippen molar-refractivity contribution in [1.82, 2.24) is 9.97 Å². The van der Waals surface area contributed by atoms with Crippen LogP contribution in [0.3, 0.4) is 0 Å². The van der Waals surface area contributed by atoms with Crippen molar-refractivity contribution in [2.45, 2.75) is 13.3 Å². The summed E-state index contributed by atoms with van der Waals surface area (Å²) >= 11 is 11.9. The fraction of sp³-hybridized carbons (Fsp3) is 0.214. The molecule has 0 radical (unpaired) electrons. The summed E-state index contributed by atoms with van der Waals surface area (Å²) < 4.78 is 0. The van der Waals surface area contributed by atoms with Gasteiger partial charge in [0, 0.05) is 17.8 Å². The van der Waals surface area contributed by atoms with E-state index in [2.05, 4.69) is 20.6 Å². The van der Waals surface area contributed by atoms with Crippen molar-refractivity contribution < 1.29 is 4.79 Å². The topological polar surface area (TPSA) is 66.9 Å². The number of hydrogen-bond acceptors (Lipinski definition) is 4. The zero-order valence-electron chi connectivity index (χ0n) is 11.4. The van der Waals surface area contributed by atoms with E-state index in [1.807, 2.05) is 6.92 Å². The molecule has 2 rings (SSSR count). The van der Waals surface area contributed by atoms with E-state index in [1.165, 1.54) is 12.3 Å². The smallest absolute Gasteiger partial charge is 0.274 e. The summed E-state index contributed by atoms with van der Waals surface area (Å²) in [5.74, 6) is 0.0443. The van der Waals surface area contributed by atoms with E-state index in [0.29, 0.717) is 21.7 Å². The first kappa shape index (κ1) is 15.5. The Balaban J connectivity index is 2.14.